The summed E-state index contributed by atoms with van der Waals surface area (Å²) in [7, 11) is 0. The second-order valence-corrected chi connectivity index (χ2v) is 8.82. The van der Waals surface area contributed by atoms with E-state index in [1.807, 2.05) is 12.1 Å². The minimum Gasteiger partial charge on any atom is -0.298 e. The molecule has 1 aliphatic rings. The van der Waals surface area contributed by atoms with E-state index < -0.39 is 0 Å². The summed E-state index contributed by atoms with van der Waals surface area (Å²) < 4.78 is 0.812. The van der Waals surface area contributed by atoms with Crippen LogP contribution in [0.2, 0.25) is 5.02 Å². The molecule has 1 amide bonds. The molecule has 1 aliphatic heterocycles. The fourth-order valence-electron chi connectivity index (χ4n) is 3.11. The van der Waals surface area contributed by atoms with E-state index in [2.05, 4.69) is 55.4 Å². The van der Waals surface area contributed by atoms with Gasteiger partial charge in [0.05, 0.1) is 16.3 Å². The minimum absolute atomic E-state index is 0.242. The molecule has 0 aliphatic carbocycles. The number of benzene rings is 2. The summed E-state index contributed by atoms with van der Waals surface area (Å²) >= 11 is 11.1. The van der Waals surface area contributed by atoms with Crippen molar-refractivity contribution in [1.29, 1.82) is 0 Å². The molecule has 0 radical (unpaired) electrons. The smallest absolute Gasteiger partial charge is 0.258 e. The standard InChI is InChI=1S/C20H17BrClN3OS/c21-14-6-7-16(22)15(10-14)19(26)24-20-23-17-8-9-25(12-18(17)27-20)11-13-4-2-1-3-5-13/h1-7,10H,8-9,11-12H2,(H,23,24,26). The van der Waals surface area contributed by atoms with E-state index in [1.165, 1.54) is 10.4 Å². The van der Waals surface area contributed by atoms with E-state index in [9.17, 15) is 4.79 Å². The monoisotopic (exact) mass is 461 g/mol. The van der Waals surface area contributed by atoms with Crippen LogP contribution in [-0.2, 0) is 19.5 Å². The topological polar surface area (TPSA) is 45.2 Å². The Morgan fingerprint density at radius 3 is 2.89 bits per heavy atom. The summed E-state index contributed by atoms with van der Waals surface area (Å²) in [6, 6.07) is 15.7. The number of fused-ring (bicyclic) bond motifs is 1. The lowest BCUT2D eigenvalue weighted by molar-refractivity contribution is 0.102. The first-order valence-corrected chi connectivity index (χ1v) is 10.6. The van der Waals surface area contributed by atoms with Gasteiger partial charge in [-0.3, -0.25) is 15.0 Å². The van der Waals surface area contributed by atoms with E-state index in [4.69, 9.17) is 11.6 Å². The molecule has 1 N–H and O–H groups in total. The van der Waals surface area contributed by atoms with Gasteiger partial charge in [0, 0.05) is 35.4 Å². The van der Waals surface area contributed by atoms with E-state index in [-0.39, 0.29) is 5.91 Å². The molecule has 27 heavy (non-hydrogen) atoms. The summed E-state index contributed by atoms with van der Waals surface area (Å²) in [5, 5.41) is 3.94. The zero-order valence-corrected chi connectivity index (χ0v) is 17.6. The fraction of sp³-hybridized carbons (Fsp3) is 0.200. The lowest BCUT2D eigenvalue weighted by Crippen LogP contribution is -2.29. The molecule has 0 saturated heterocycles. The molecule has 1 aromatic heterocycles. The van der Waals surface area contributed by atoms with Gasteiger partial charge in [0.15, 0.2) is 5.13 Å². The van der Waals surface area contributed by atoms with Crippen LogP contribution in [-0.4, -0.2) is 22.3 Å². The fourth-order valence-corrected chi connectivity index (χ4v) is 4.72. The van der Waals surface area contributed by atoms with Gasteiger partial charge in [0.1, 0.15) is 0 Å². The predicted molar refractivity (Wildman–Crippen MR) is 113 cm³/mol. The second kappa shape index (κ2) is 8.10. The summed E-state index contributed by atoms with van der Waals surface area (Å²) in [5.74, 6) is -0.242. The number of nitrogens with one attached hydrogen (secondary N) is 1. The van der Waals surface area contributed by atoms with E-state index in [0.717, 1.165) is 36.2 Å². The number of thiazole rings is 1. The van der Waals surface area contributed by atoms with Crippen LogP contribution < -0.4 is 5.32 Å². The Kier molecular flexibility index (Phi) is 5.59. The van der Waals surface area contributed by atoms with Crippen LogP contribution in [0.5, 0.6) is 0 Å². The number of hydrogen-bond donors (Lipinski definition) is 1. The van der Waals surface area contributed by atoms with Crippen molar-refractivity contribution in [2.45, 2.75) is 19.5 Å². The van der Waals surface area contributed by atoms with Crippen molar-refractivity contribution in [3.8, 4) is 0 Å². The molecular weight excluding hydrogens is 446 g/mol. The molecular formula is C20H17BrClN3OS. The second-order valence-electron chi connectivity index (χ2n) is 6.41. The van der Waals surface area contributed by atoms with Crippen LogP contribution in [0.15, 0.2) is 53.0 Å². The van der Waals surface area contributed by atoms with E-state index in [0.29, 0.717) is 15.7 Å². The Morgan fingerprint density at radius 1 is 1.26 bits per heavy atom. The van der Waals surface area contributed by atoms with Crippen LogP contribution in [0.1, 0.15) is 26.5 Å². The number of rotatable bonds is 4. The summed E-state index contributed by atoms with van der Waals surface area (Å²) in [4.78, 5) is 20.8. The third-order valence-electron chi connectivity index (χ3n) is 4.45. The Morgan fingerprint density at radius 2 is 2.07 bits per heavy atom. The highest BCUT2D eigenvalue weighted by atomic mass is 79.9. The lowest BCUT2D eigenvalue weighted by Gasteiger charge is -2.25. The molecule has 0 fully saturated rings. The maximum Gasteiger partial charge on any atom is 0.258 e. The third-order valence-corrected chi connectivity index (χ3v) is 6.27. The average Bonchev–Trinajstić information content (AvgIpc) is 3.06. The van der Waals surface area contributed by atoms with Gasteiger partial charge in [-0.25, -0.2) is 4.98 Å². The Bertz CT molecular complexity index is 977. The Balaban J connectivity index is 1.45. The molecule has 0 bridgehead atoms. The normalized spacial score (nSPS) is 14.0. The summed E-state index contributed by atoms with van der Waals surface area (Å²) in [6.45, 7) is 2.75. The number of carbonyl (C=O) groups excluding carboxylic acids is 1. The first-order valence-electron chi connectivity index (χ1n) is 8.60. The van der Waals surface area contributed by atoms with E-state index in [1.54, 1.807) is 23.5 Å². The highest BCUT2D eigenvalue weighted by molar-refractivity contribution is 9.10. The Hall–Kier alpha value is -1.73. The van der Waals surface area contributed by atoms with Crippen LogP contribution in [0.3, 0.4) is 0 Å². The van der Waals surface area contributed by atoms with Crippen molar-refractivity contribution in [3.63, 3.8) is 0 Å². The zero-order valence-electron chi connectivity index (χ0n) is 14.4. The summed E-state index contributed by atoms with van der Waals surface area (Å²) in [5.41, 5.74) is 2.83. The third kappa shape index (κ3) is 4.41. The molecule has 0 spiro atoms. The molecule has 2 heterocycles. The van der Waals surface area contributed by atoms with Gasteiger partial charge < -0.3 is 0 Å². The maximum absolute atomic E-state index is 12.5. The van der Waals surface area contributed by atoms with Gasteiger partial charge in [0.2, 0.25) is 0 Å². The van der Waals surface area contributed by atoms with Crippen molar-refractivity contribution < 1.29 is 4.79 Å². The quantitative estimate of drug-likeness (QED) is 0.567. The number of anilines is 1. The number of hydrogen-bond acceptors (Lipinski definition) is 4. The van der Waals surface area contributed by atoms with Crippen molar-refractivity contribution >= 4 is 49.9 Å². The van der Waals surface area contributed by atoms with E-state index >= 15 is 0 Å². The number of nitrogens with zero attached hydrogens (tertiary/aromatic N) is 2. The van der Waals surface area contributed by atoms with Gasteiger partial charge >= 0.3 is 0 Å². The molecule has 0 atom stereocenters. The molecule has 4 nitrogen and oxygen atoms in total. The maximum atomic E-state index is 12.5. The Labute approximate surface area is 175 Å². The number of aromatic nitrogens is 1. The predicted octanol–water partition coefficient (Wildman–Crippen LogP) is 5.37. The van der Waals surface area contributed by atoms with Gasteiger partial charge in [0.25, 0.3) is 5.91 Å². The van der Waals surface area contributed by atoms with Gasteiger partial charge in [-0.05, 0) is 23.8 Å². The van der Waals surface area contributed by atoms with Crippen molar-refractivity contribution in [3.05, 3.63) is 79.7 Å². The molecule has 0 saturated carbocycles. The molecule has 138 valence electrons. The number of halogens is 2. The largest absolute Gasteiger partial charge is 0.298 e. The number of amides is 1. The van der Waals surface area contributed by atoms with Gasteiger partial charge in [-0.15, -0.1) is 11.3 Å². The van der Waals surface area contributed by atoms with Crippen molar-refractivity contribution in [2.24, 2.45) is 0 Å². The molecule has 7 heteroatoms. The average molecular weight is 463 g/mol. The van der Waals surface area contributed by atoms with Crippen LogP contribution in [0.25, 0.3) is 0 Å². The van der Waals surface area contributed by atoms with Crippen LogP contribution >= 0.6 is 38.9 Å². The van der Waals surface area contributed by atoms with Crippen molar-refractivity contribution in [2.75, 3.05) is 11.9 Å². The highest BCUT2D eigenvalue weighted by Gasteiger charge is 2.22. The van der Waals surface area contributed by atoms with Gasteiger partial charge in [-0.2, -0.15) is 0 Å². The number of carbonyl (C=O) groups is 1. The first kappa shape index (κ1) is 18.6. The first-order chi connectivity index (χ1) is 13.1. The summed E-state index contributed by atoms with van der Waals surface area (Å²) in [6.07, 6.45) is 0.895. The molecule has 2 aromatic carbocycles. The minimum atomic E-state index is -0.242. The SMILES string of the molecule is O=C(Nc1nc2c(s1)CN(Cc1ccccc1)CC2)c1cc(Br)ccc1Cl. The molecule has 0 unspecified atom stereocenters. The van der Waals surface area contributed by atoms with Crippen LogP contribution in [0.4, 0.5) is 5.13 Å². The molecule has 3 aromatic rings. The van der Waals surface area contributed by atoms with Crippen LogP contribution in [0, 0.1) is 0 Å². The van der Waals surface area contributed by atoms with Crippen molar-refractivity contribution in [1.82, 2.24) is 9.88 Å². The van der Waals surface area contributed by atoms with Gasteiger partial charge in [-0.1, -0.05) is 57.9 Å². The zero-order chi connectivity index (χ0) is 18.8. The lowest BCUT2D eigenvalue weighted by atomic mass is 10.1. The highest BCUT2D eigenvalue weighted by Crippen LogP contribution is 2.30. The molecule has 4 rings (SSSR count).